The molecule has 10 nitrogen and oxygen atoms in total. The Hall–Kier alpha value is -2.62. The van der Waals surface area contributed by atoms with Crippen LogP contribution in [-0.2, 0) is 4.74 Å². The molecule has 1 aromatic rings. The molecule has 11 heteroatoms. The molecular formula is C10H14ClN7O3. The summed E-state index contributed by atoms with van der Waals surface area (Å²) >= 11 is 5.63. The second kappa shape index (κ2) is 6.70. The molecule has 0 saturated carbocycles. The Bertz CT molecular complexity index is 590. The van der Waals surface area contributed by atoms with Crippen LogP contribution in [0.1, 0.15) is 24.3 Å². The molecule has 0 saturated heterocycles. The summed E-state index contributed by atoms with van der Waals surface area (Å²) in [4.78, 5) is 30.3. The predicted octanol–water partition coefficient (Wildman–Crippen LogP) is 0.0936. The first kappa shape index (κ1) is 16.4. The minimum Gasteiger partial charge on any atom is -0.447 e. The fourth-order valence-electron chi connectivity index (χ4n) is 1.16. The Morgan fingerprint density at radius 1 is 1.24 bits per heavy atom. The van der Waals surface area contributed by atoms with Crippen molar-refractivity contribution >= 4 is 41.2 Å². The summed E-state index contributed by atoms with van der Waals surface area (Å²) in [5.41, 5.74) is 10.5. The number of nitrogens with zero attached hydrogens (tertiary/aromatic N) is 2. The lowest BCUT2D eigenvalue weighted by Crippen LogP contribution is -2.44. The van der Waals surface area contributed by atoms with Gasteiger partial charge in [0.25, 0.3) is 5.91 Å². The number of hydrogen-bond acceptors (Lipinski definition) is 8. The lowest BCUT2D eigenvalue weighted by atomic mass is 10.4. The van der Waals surface area contributed by atoms with Crippen LogP contribution >= 0.6 is 11.6 Å². The molecule has 7 N–H and O–H groups in total. The van der Waals surface area contributed by atoms with Gasteiger partial charge in [-0.05, 0) is 13.8 Å². The first-order valence-electron chi connectivity index (χ1n) is 5.66. The first-order valence-corrected chi connectivity index (χ1v) is 6.04. The molecule has 0 aliphatic rings. The van der Waals surface area contributed by atoms with Crippen LogP contribution in [0.4, 0.5) is 16.4 Å². The summed E-state index contributed by atoms with van der Waals surface area (Å²) in [6, 6.07) is 0. The van der Waals surface area contributed by atoms with Crippen molar-refractivity contribution in [1.29, 1.82) is 5.41 Å². The van der Waals surface area contributed by atoms with Crippen LogP contribution < -0.4 is 22.1 Å². The van der Waals surface area contributed by atoms with Gasteiger partial charge < -0.3 is 16.2 Å². The fraction of sp³-hybridized carbons (Fsp3) is 0.300. The summed E-state index contributed by atoms with van der Waals surface area (Å²) in [5.74, 6) is -1.87. The normalized spacial score (nSPS) is 10.1. The number of guanidine groups is 1. The number of nitrogens with one attached hydrogen (secondary N) is 3. The number of rotatable bonds is 2. The maximum atomic E-state index is 11.8. The molecule has 0 atom stereocenters. The Morgan fingerprint density at radius 2 is 1.86 bits per heavy atom. The quantitative estimate of drug-likeness (QED) is 0.380. The molecule has 0 aromatic carbocycles. The number of nitrogen functional groups attached to an aromatic ring is 2. The van der Waals surface area contributed by atoms with Crippen molar-refractivity contribution in [2.75, 3.05) is 11.5 Å². The van der Waals surface area contributed by atoms with E-state index in [0.717, 1.165) is 0 Å². The average molecular weight is 316 g/mol. The van der Waals surface area contributed by atoms with E-state index in [0.29, 0.717) is 0 Å². The number of anilines is 2. The predicted molar refractivity (Wildman–Crippen MR) is 75.8 cm³/mol. The Labute approximate surface area is 124 Å². The van der Waals surface area contributed by atoms with Crippen LogP contribution in [0.25, 0.3) is 0 Å². The van der Waals surface area contributed by atoms with Crippen LogP contribution in [0.3, 0.4) is 0 Å². The van der Waals surface area contributed by atoms with Gasteiger partial charge >= 0.3 is 6.09 Å². The molecule has 2 amide bonds. The lowest BCUT2D eigenvalue weighted by Gasteiger charge is -2.11. The number of hydrogen-bond donors (Lipinski definition) is 5. The van der Waals surface area contributed by atoms with Gasteiger partial charge in [0.15, 0.2) is 22.5 Å². The van der Waals surface area contributed by atoms with Crippen molar-refractivity contribution in [3.63, 3.8) is 0 Å². The van der Waals surface area contributed by atoms with Gasteiger partial charge in [-0.1, -0.05) is 11.6 Å². The summed E-state index contributed by atoms with van der Waals surface area (Å²) in [6.45, 7) is 3.27. The Kier molecular flexibility index (Phi) is 5.24. The third-order valence-electron chi connectivity index (χ3n) is 1.93. The summed E-state index contributed by atoms with van der Waals surface area (Å²) in [6.07, 6.45) is -1.25. The second-order valence-electron chi connectivity index (χ2n) is 4.04. The maximum Gasteiger partial charge on any atom is 0.414 e. The van der Waals surface area contributed by atoms with Gasteiger partial charge in [0.2, 0.25) is 5.96 Å². The molecule has 0 fully saturated rings. The van der Waals surface area contributed by atoms with Crippen LogP contribution in [0.15, 0.2) is 0 Å². The molecular weight excluding hydrogens is 302 g/mol. The van der Waals surface area contributed by atoms with Gasteiger partial charge in [0, 0.05) is 0 Å². The minimum atomic E-state index is -0.885. The molecule has 0 bridgehead atoms. The van der Waals surface area contributed by atoms with E-state index in [1.54, 1.807) is 13.8 Å². The van der Waals surface area contributed by atoms with Crippen molar-refractivity contribution in [2.24, 2.45) is 0 Å². The van der Waals surface area contributed by atoms with E-state index in [9.17, 15) is 9.59 Å². The molecule has 0 aliphatic heterocycles. The van der Waals surface area contributed by atoms with E-state index in [1.165, 1.54) is 0 Å². The molecule has 0 spiro atoms. The molecule has 1 rings (SSSR count). The number of carbonyl (C=O) groups excluding carboxylic acids is 2. The topological polar surface area (TPSA) is 169 Å². The molecule has 0 radical (unpaired) electrons. The smallest absolute Gasteiger partial charge is 0.414 e. The average Bonchev–Trinajstić information content (AvgIpc) is 2.31. The van der Waals surface area contributed by atoms with Crippen molar-refractivity contribution < 1.29 is 14.3 Å². The van der Waals surface area contributed by atoms with E-state index < -0.39 is 18.0 Å². The summed E-state index contributed by atoms with van der Waals surface area (Å²) in [7, 11) is 0. The number of carbonyl (C=O) groups is 2. The zero-order chi connectivity index (χ0) is 16.2. The molecule has 0 unspecified atom stereocenters. The van der Waals surface area contributed by atoms with Gasteiger partial charge in [0.05, 0.1) is 6.10 Å². The number of halogens is 1. The third kappa shape index (κ3) is 4.76. The van der Waals surface area contributed by atoms with Gasteiger partial charge in [-0.3, -0.25) is 20.8 Å². The summed E-state index contributed by atoms with van der Waals surface area (Å²) in [5, 5.41) is 11.3. The highest BCUT2D eigenvalue weighted by molar-refractivity contribution is 6.31. The largest absolute Gasteiger partial charge is 0.447 e. The van der Waals surface area contributed by atoms with E-state index in [2.05, 4.69) is 9.97 Å². The van der Waals surface area contributed by atoms with Crippen molar-refractivity contribution in [1.82, 2.24) is 20.6 Å². The third-order valence-corrected chi connectivity index (χ3v) is 2.21. The number of alkyl carbamates (subject to hydrolysis) is 1. The Morgan fingerprint density at radius 3 is 2.43 bits per heavy atom. The molecule has 1 aromatic heterocycles. The highest BCUT2D eigenvalue weighted by Gasteiger charge is 2.18. The number of aromatic nitrogens is 2. The van der Waals surface area contributed by atoms with Crippen LogP contribution in [0.2, 0.25) is 5.15 Å². The van der Waals surface area contributed by atoms with Gasteiger partial charge in [-0.25, -0.2) is 14.8 Å². The van der Waals surface area contributed by atoms with E-state index in [4.69, 9.17) is 33.2 Å². The zero-order valence-electron chi connectivity index (χ0n) is 11.2. The number of nitrogens with two attached hydrogens (primary N) is 2. The number of ether oxygens (including phenoxy) is 1. The van der Waals surface area contributed by atoms with Crippen LogP contribution in [0.5, 0.6) is 0 Å². The number of amides is 2. The molecule has 1 heterocycles. The second-order valence-corrected chi connectivity index (χ2v) is 4.40. The molecule has 114 valence electrons. The SMILES string of the molecule is CC(C)OC(=O)NC(=N)NC(=O)c1nc(Cl)c(N)nc1N. The molecule has 0 aliphatic carbocycles. The van der Waals surface area contributed by atoms with Crippen LogP contribution in [-0.4, -0.2) is 34.0 Å². The highest BCUT2D eigenvalue weighted by atomic mass is 35.5. The van der Waals surface area contributed by atoms with Gasteiger partial charge in [-0.15, -0.1) is 0 Å². The summed E-state index contributed by atoms with van der Waals surface area (Å²) < 4.78 is 4.73. The standard InChI is InChI=1S/C10H14ClN7O3/c1-3(2)21-10(20)18-9(14)17-8(19)4-6(12)16-7(13)5(11)15-4/h3H,1-2H3,(H4,12,13,16)(H3,14,17,18,19,20). The van der Waals surface area contributed by atoms with Crippen LogP contribution in [0, 0.1) is 5.41 Å². The highest BCUT2D eigenvalue weighted by Crippen LogP contribution is 2.16. The minimum absolute atomic E-state index is 0.126. The molecule has 21 heavy (non-hydrogen) atoms. The zero-order valence-corrected chi connectivity index (χ0v) is 12.0. The monoisotopic (exact) mass is 315 g/mol. The van der Waals surface area contributed by atoms with E-state index in [1.807, 2.05) is 10.6 Å². The van der Waals surface area contributed by atoms with E-state index >= 15 is 0 Å². The maximum absolute atomic E-state index is 11.8. The van der Waals surface area contributed by atoms with E-state index in [-0.39, 0.29) is 28.6 Å². The fourth-order valence-corrected chi connectivity index (χ4v) is 1.29. The van der Waals surface area contributed by atoms with Gasteiger partial charge in [0.1, 0.15) is 0 Å². The Balaban J connectivity index is 2.71. The van der Waals surface area contributed by atoms with Crippen molar-refractivity contribution in [3.05, 3.63) is 10.8 Å². The van der Waals surface area contributed by atoms with Crippen molar-refractivity contribution in [2.45, 2.75) is 20.0 Å². The van der Waals surface area contributed by atoms with Crippen molar-refractivity contribution in [3.8, 4) is 0 Å². The lowest BCUT2D eigenvalue weighted by molar-refractivity contribution is 0.0971. The first-order chi connectivity index (χ1) is 9.70. The van der Waals surface area contributed by atoms with Gasteiger partial charge in [-0.2, -0.15) is 0 Å².